The molecule has 0 saturated heterocycles. The fourth-order valence-corrected chi connectivity index (χ4v) is 1.19. The smallest absolute Gasteiger partial charge is 0.130 e. The van der Waals surface area contributed by atoms with E-state index in [0.29, 0.717) is 5.56 Å². The van der Waals surface area contributed by atoms with Crippen LogP contribution in [0.3, 0.4) is 0 Å². The van der Waals surface area contributed by atoms with Gasteiger partial charge < -0.3 is 10.2 Å². The van der Waals surface area contributed by atoms with Gasteiger partial charge in [-0.2, -0.15) is 0 Å². The third-order valence-corrected chi connectivity index (χ3v) is 1.88. The predicted octanol–water partition coefficient (Wildman–Crippen LogP) is 1.46. The van der Waals surface area contributed by atoms with Crippen LogP contribution >= 0.6 is 11.6 Å². The third-order valence-electron chi connectivity index (χ3n) is 1.54. The van der Waals surface area contributed by atoms with Gasteiger partial charge in [-0.3, -0.25) is 0 Å². The lowest BCUT2D eigenvalue weighted by Crippen LogP contribution is -1.94. The topological polar surface area (TPSA) is 40.5 Å². The Labute approximate surface area is 74.2 Å². The largest absolute Gasteiger partial charge is 0.392 e. The van der Waals surface area contributed by atoms with Gasteiger partial charge in [0.25, 0.3) is 0 Å². The molecule has 0 aliphatic heterocycles. The van der Waals surface area contributed by atoms with E-state index in [1.807, 2.05) is 0 Å². The zero-order valence-corrected chi connectivity index (χ0v) is 6.98. The lowest BCUT2D eigenvalue weighted by Gasteiger charge is -2.04. The molecule has 0 unspecified atom stereocenters. The number of halogens is 2. The highest BCUT2D eigenvalue weighted by atomic mass is 35.5. The standard InChI is InChI=1S/C8H8ClFO2/c9-7-1-5(3-11)2-8(10)6(7)4-12/h1-2,11-12H,3-4H2. The molecule has 0 fully saturated rings. The Morgan fingerprint density at radius 1 is 1.25 bits per heavy atom. The van der Waals surface area contributed by atoms with E-state index in [0.717, 1.165) is 6.07 Å². The van der Waals surface area contributed by atoms with E-state index >= 15 is 0 Å². The molecule has 0 aromatic heterocycles. The van der Waals surface area contributed by atoms with Crippen molar-refractivity contribution in [2.75, 3.05) is 0 Å². The van der Waals surface area contributed by atoms with Gasteiger partial charge in [-0.25, -0.2) is 4.39 Å². The Morgan fingerprint density at radius 2 is 1.92 bits per heavy atom. The zero-order valence-electron chi connectivity index (χ0n) is 6.22. The maximum Gasteiger partial charge on any atom is 0.130 e. The molecular weight excluding hydrogens is 183 g/mol. The van der Waals surface area contributed by atoms with Crippen molar-refractivity contribution in [3.05, 3.63) is 34.1 Å². The molecule has 0 heterocycles. The molecule has 0 bridgehead atoms. The summed E-state index contributed by atoms with van der Waals surface area (Å²) in [5, 5.41) is 17.5. The summed E-state index contributed by atoms with van der Waals surface area (Å²) in [6.45, 7) is -0.696. The second kappa shape index (κ2) is 3.85. The molecule has 2 N–H and O–H groups in total. The second-order valence-electron chi connectivity index (χ2n) is 2.35. The van der Waals surface area contributed by atoms with Crippen LogP contribution in [-0.2, 0) is 13.2 Å². The highest BCUT2D eigenvalue weighted by Gasteiger charge is 2.07. The average Bonchev–Trinajstić information content (AvgIpc) is 2.03. The lowest BCUT2D eigenvalue weighted by atomic mass is 10.1. The third kappa shape index (κ3) is 1.75. The minimum absolute atomic E-state index is 0.0638. The SMILES string of the molecule is OCc1cc(F)c(CO)c(Cl)c1. The maximum atomic E-state index is 12.9. The van der Waals surface area contributed by atoms with Gasteiger partial charge in [-0.1, -0.05) is 11.6 Å². The first-order valence-corrected chi connectivity index (χ1v) is 3.75. The number of aliphatic hydroxyl groups is 2. The number of hydrogen-bond acceptors (Lipinski definition) is 2. The molecule has 1 rings (SSSR count). The first-order valence-electron chi connectivity index (χ1n) is 3.37. The van der Waals surface area contributed by atoms with Crippen molar-refractivity contribution in [1.29, 1.82) is 0 Å². The van der Waals surface area contributed by atoms with Crippen LogP contribution in [0.5, 0.6) is 0 Å². The van der Waals surface area contributed by atoms with E-state index in [4.69, 9.17) is 21.8 Å². The summed E-state index contributed by atoms with van der Waals surface area (Å²) in [5.41, 5.74) is 0.462. The highest BCUT2D eigenvalue weighted by Crippen LogP contribution is 2.21. The van der Waals surface area contributed by atoms with Gasteiger partial charge in [0, 0.05) is 10.6 Å². The summed E-state index contributed by atoms with van der Waals surface area (Å²) in [7, 11) is 0. The Kier molecular flexibility index (Phi) is 3.03. The van der Waals surface area contributed by atoms with Gasteiger partial charge in [0.15, 0.2) is 0 Å². The van der Waals surface area contributed by atoms with Gasteiger partial charge in [-0.15, -0.1) is 0 Å². The molecule has 66 valence electrons. The summed E-state index contributed by atoms with van der Waals surface area (Å²) in [6.07, 6.45) is 0. The van der Waals surface area contributed by atoms with Crippen LogP contribution < -0.4 is 0 Å². The Balaban J connectivity index is 3.18. The van der Waals surface area contributed by atoms with E-state index in [9.17, 15) is 4.39 Å². The molecule has 0 spiro atoms. The van der Waals surface area contributed by atoms with Crippen molar-refractivity contribution in [3.8, 4) is 0 Å². The Hall–Kier alpha value is -0.640. The van der Waals surface area contributed by atoms with Crippen LogP contribution in [0.15, 0.2) is 12.1 Å². The van der Waals surface area contributed by atoms with Gasteiger partial charge >= 0.3 is 0 Å². The molecule has 4 heteroatoms. The van der Waals surface area contributed by atoms with Crippen LogP contribution in [0.2, 0.25) is 5.02 Å². The molecule has 0 radical (unpaired) electrons. The lowest BCUT2D eigenvalue weighted by molar-refractivity contribution is 0.272. The second-order valence-corrected chi connectivity index (χ2v) is 2.76. The minimum Gasteiger partial charge on any atom is -0.392 e. The molecule has 0 amide bonds. The van der Waals surface area contributed by atoms with E-state index in [-0.39, 0.29) is 17.2 Å². The minimum atomic E-state index is -0.589. The van der Waals surface area contributed by atoms with Crippen molar-refractivity contribution >= 4 is 11.6 Å². The van der Waals surface area contributed by atoms with Gasteiger partial charge in [-0.05, 0) is 17.7 Å². The van der Waals surface area contributed by atoms with Gasteiger partial charge in [0.2, 0.25) is 0 Å². The van der Waals surface area contributed by atoms with Crippen LogP contribution in [0.1, 0.15) is 11.1 Å². The van der Waals surface area contributed by atoms with Crippen molar-refractivity contribution in [1.82, 2.24) is 0 Å². The molecule has 1 aromatic carbocycles. The molecule has 0 atom stereocenters. The number of hydrogen-bond donors (Lipinski definition) is 2. The van der Waals surface area contributed by atoms with E-state index < -0.39 is 12.4 Å². The van der Waals surface area contributed by atoms with Crippen molar-refractivity contribution < 1.29 is 14.6 Å². The number of benzene rings is 1. The molecule has 0 aliphatic carbocycles. The average molecular weight is 191 g/mol. The predicted molar refractivity (Wildman–Crippen MR) is 43.3 cm³/mol. The van der Waals surface area contributed by atoms with Crippen LogP contribution in [0.25, 0.3) is 0 Å². The van der Waals surface area contributed by atoms with Gasteiger partial charge in [0.05, 0.1) is 13.2 Å². The molecule has 0 saturated carbocycles. The normalized spacial score (nSPS) is 10.3. The van der Waals surface area contributed by atoms with E-state index in [1.165, 1.54) is 6.07 Å². The molecular formula is C8H8ClFO2. The molecule has 1 aromatic rings. The highest BCUT2D eigenvalue weighted by molar-refractivity contribution is 6.31. The summed E-state index contributed by atoms with van der Waals surface area (Å²) in [6, 6.07) is 2.58. The first-order chi connectivity index (χ1) is 5.69. The van der Waals surface area contributed by atoms with E-state index in [2.05, 4.69) is 0 Å². The summed E-state index contributed by atoms with van der Waals surface area (Å²) < 4.78 is 12.9. The quantitative estimate of drug-likeness (QED) is 0.742. The Morgan fingerprint density at radius 3 is 2.33 bits per heavy atom. The summed E-state index contributed by atoms with van der Waals surface area (Å²) in [4.78, 5) is 0. The van der Waals surface area contributed by atoms with Crippen LogP contribution in [0.4, 0.5) is 4.39 Å². The van der Waals surface area contributed by atoms with Gasteiger partial charge in [0.1, 0.15) is 5.82 Å². The fraction of sp³-hybridized carbons (Fsp3) is 0.250. The van der Waals surface area contributed by atoms with Crippen LogP contribution in [0, 0.1) is 5.82 Å². The van der Waals surface area contributed by atoms with Crippen LogP contribution in [-0.4, -0.2) is 10.2 Å². The molecule has 2 nitrogen and oxygen atoms in total. The van der Waals surface area contributed by atoms with Crippen molar-refractivity contribution in [2.24, 2.45) is 0 Å². The monoisotopic (exact) mass is 190 g/mol. The fourth-order valence-electron chi connectivity index (χ4n) is 0.898. The number of aliphatic hydroxyl groups excluding tert-OH is 2. The molecule has 12 heavy (non-hydrogen) atoms. The Bertz CT molecular complexity index is 265. The first kappa shape index (κ1) is 9.45. The van der Waals surface area contributed by atoms with Crippen molar-refractivity contribution in [2.45, 2.75) is 13.2 Å². The molecule has 0 aliphatic rings. The summed E-state index contributed by atoms with van der Waals surface area (Å²) in [5.74, 6) is -0.589. The van der Waals surface area contributed by atoms with E-state index in [1.54, 1.807) is 0 Å². The summed E-state index contributed by atoms with van der Waals surface area (Å²) >= 11 is 5.60. The zero-order chi connectivity index (χ0) is 9.14. The number of rotatable bonds is 2. The van der Waals surface area contributed by atoms with Crippen molar-refractivity contribution in [3.63, 3.8) is 0 Å². The maximum absolute atomic E-state index is 12.9.